The molecule has 0 aromatic heterocycles. The van der Waals surface area contributed by atoms with E-state index in [-0.39, 0.29) is 0 Å². The molecule has 0 bridgehead atoms. The van der Waals surface area contributed by atoms with E-state index in [1.54, 1.807) is 0 Å². The largest absolute Gasteiger partial charge is 0.0654 e. The average Bonchev–Trinajstić information content (AvgIpc) is 2.65. The van der Waals surface area contributed by atoms with E-state index in [1.807, 2.05) is 0 Å². The Bertz CT molecular complexity index is 212. The summed E-state index contributed by atoms with van der Waals surface area (Å²) in [5.74, 6) is 1.02. The molecule has 0 aliphatic rings. The lowest BCUT2D eigenvalue weighted by atomic mass is 9.89. The summed E-state index contributed by atoms with van der Waals surface area (Å²) >= 11 is 0. The molecule has 0 aromatic rings. The van der Waals surface area contributed by atoms with E-state index in [0.29, 0.717) is 0 Å². The van der Waals surface area contributed by atoms with E-state index >= 15 is 0 Å². The molecule has 0 fully saturated rings. The third kappa shape index (κ3) is 20.3. The van der Waals surface area contributed by atoms with E-state index in [0.717, 1.165) is 12.3 Å². The van der Waals surface area contributed by atoms with Gasteiger partial charge in [-0.15, -0.1) is 0 Å². The van der Waals surface area contributed by atoms with Crippen molar-refractivity contribution in [1.82, 2.24) is 0 Å². The fourth-order valence-corrected chi connectivity index (χ4v) is 4.18. The van der Waals surface area contributed by atoms with E-state index in [2.05, 4.69) is 20.8 Å². The second kappa shape index (κ2) is 23.0. The fourth-order valence-electron chi connectivity index (χ4n) is 4.18. The van der Waals surface area contributed by atoms with Gasteiger partial charge in [-0.3, -0.25) is 0 Å². The van der Waals surface area contributed by atoms with Crippen molar-refractivity contribution in [3.63, 3.8) is 0 Å². The predicted octanol–water partition coefficient (Wildman–Crippen LogP) is 10.1. The third-order valence-corrected chi connectivity index (χ3v) is 6.04. The molecule has 0 aliphatic carbocycles. The molecule has 0 spiro atoms. The van der Waals surface area contributed by atoms with Crippen molar-refractivity contribution >= 4 is 0 Å². The third-order valence-electron chi connectivity index (χ3n) is 6.04. The standard InChI is InChI=1S/C26H53/c1-4-7-10-12-14-16-18-21-24-26(23-20-9-6-3)25-22-19-17-15-13-11-8-5-2/h26H,3-25H2,1-2H3. The van der Waals surface area contributed by atoms with Crippen LogP contribution >= 0.6 is 0 Å². The van der Waals surface area contributed by atoms with Gasteiger partial charge in [0, 0.05) is 0 Å². The summed E-state index contributed by atoms with van der Waals surface area (Å²) < 4.78 is 0. The Morgan fingerprint density at radius 1 is 0.423 bits per heavy atom. The number of unbranched alkanes of at least 4 members (excludes halogenated alkanes) is 16. The van der Waals surface area contributed by atoms with Gasteiger partial charge in [0.25, 0.3) is 0 Å². The van der Waals surface area contributed by atoms with Gasteiger partial charge in [0.15, 0.2) is 0 Å². The van der Waals surface area contributed by atoms with Gasteiger partial charge in [-0.1, -0.05) is 162 Å². The zero-order valence-corrected chi connectivity index (χ0v) is 18.8. The topological polar surface area (TPSA) is 0 Å². The molecule has 1 radical (unpaired) electrons. The second-order valence-electron chi connectivity index (χ2n) is 8.74. The van der Waals surface area contributed by atoms with Crippen LogP contribution in [0.2, 0.25) is 0 Å². The fraction of sp³-hybridized carbons (Fsp3) is 0.962. The van der Waals surface area contributed by atoms with Crippen LogP contribution in [0.3, 0.4) is 0 Å². The molecule has 0 saturated heterocycles. The Balaban J connectivity index is 3.63. The molecule has 0 saturated carbocycles. The summed E-state index contributed by atoms with van der Waals surface area (Å²) in [5, 5.41) is 0. The van der Waals surface area contributed by atoms with Crippen LogP contribution in [0.5, 0.6) is 0 Å². The smallest absolute Gasteiger partial charge is 0.0414 e. The molecule has 0 unspecified atom stereocenters. The molecule has 0 heteroatoms. The number of hydrogen-bond donors (Lipinski definition) is 0. The first-order valence-corrected chi connectivity index (χ1v) is 12.6. The van der Waals surface area contributed by atoms with Crippen LogP contribution in [0.25, 0.3) is 0 Å². The number of hydrogen-bond acceptors (Lipinski definition) is 0. The Morgan fingerprint density at radius 2 is 0.731 bits per heavy atom. The Kier molecular flexibility index (Phi) is 23.0. The molecular weight excluding hydrogens is 312 g/mol. The summed E-state index contributed by atoms with van der Waals surface area (Å²) in [6.07, 6.45) is 31.7. The average molecular weight is 366 g/mol. The van der Waals surface area contributed by atoms with Crippen LogP contribution < -0.4 is 0 Å². The molecule has 0 aliphatic heterocycles. The van der Waals surface area contributed by atoms with Gasteiger partial charge in [0.2, 0.25) is 0 Å². The van der Waals surface area contributed by atoms with Gasteiger partial charge in [-0.05, 0) is 5.92 Å². The zero-order chi connectivity index (χ0) is 19.1. The van der Waals surface area contributed by atoms with Crippen LogP contribution in [0.4, 0.5) is 0 Å². The highest BCUT2D eigenvalue weighted by Crippen LogP contribution is 2.24. The van der Waals surface area contributed by atoms with Gasteiger partial charge < -0.3 is 0 Å². The van der Waals surface area contributed by atoms with Crippen LogP contribution in [0, 0.1) is 12.8 Å². The lowest BCUT2D eigenvalue weighted by molar-refractivity contribution is 0.368. The summed E-state index contributed by atoms with van der Waals surface area (Å²) in [7, 11) is 0. The summed E-state index contributed by atoms with van der Waals surface area (Å²) in [6, 6.07) is 0. The lowest BCUT2D eigenvalue weighted by Gasteiger charge is -2.17. The predicted molar refractivity (Wildman–Crippen MR) is 122 cm³/mol. The quantitative estimate of drug-likeness (QED) is 0.167. The summed E-state index contributed by atoms with van der Waals surface area (Å²) in [5.41, 5.74) is 0. The summed E-state index contributed by atoms with van der Waals surface area (Å²) in [6.45, 7) is 8.63. The first-order chi connectivity index (χ1) is 12.8. The van der Waals surface area contributed by atoms with Crippen molar-refractivity contribution in [1.29, 1.82) is 0 Å². The van der Waals surface area contributed by atoms with Gasteiger partial charge in [-0.25, -0.2) is 0 Å². The highest BCUT2D eigenvalue weighted by atomic mass is 14.1. The molecular formula is C26H53. The molecule has 0 N–H and O–H groups in total. The normalized spacial score (nSPS) is 11.5. The monoisotopic (exact) mass is 365 g/mol. The molecule has 26 heavy (non-hydrogen) atoms. The molecule has 0 aromatic carbocycles. The van der Waals surface area contributed by atoms with Gasteiger partial charge in [0.1, 0.15) is 0 Å². The maximum Gasteiger partial charge on any atom is -0.0414 e. The minimum Gasteiger partial charge on any atom is -0.0654 e. The Labute approximate surface area is 168 Å². The van der Waals surface area contributed by atoms with Crippen LogP contribution in [0.15, 0.2) is 0 Å². The molecule has 0 nitrogen and oxygen atoms in total. The minimum atomic E-state index is 1.02. The van der Waals surface area contributed by atoms with E-state index in [4.69, 9.17) is 0 Å². The first-order valence-electron chi connectivity index (χ1n) is 12.6. The second-order valence-corrected chi connectivity index (χ2v) is 8.74. The molecule has 0 amide bonds. The van der Waals surface area contributed by atoms with Crippen molar-refractivity contribution in [3.8, 4) is 0 Å². The van der Waals surface area contributed by atoms with Gasteiger partial charge in [0.05, 0.1) is 0 Å². The van der Waals surface area contributed by atoms with Crippen molar-refractivity contribution in [2.24, 2.45) is 5.92 Å². The Hall–Kier alpha value is 0. The molecule has 0 heterocycles. The first kappa shape index (κ1) is 26.0. The van der Waals surface area contributed by atoms with Gasteiger partial charge >= 0.3 is 0 Å². The van der Waals surface area contributed by atoms with Crippen LogP contribution in [-0.4, -0.2) is 0 Å². The van der Waals surface area contributed by atoms with Crippen LogP contribution in [0.1, 0.15) is 155 Å². The molecule has 0 rings (SSSR count). The van der Waals surface area contributed by atoms with Crippen molar-refractivity contribution in [3.05, 3.63) is 6.92 Å². The van der Waals surface area contributed by atoms with Crippen LogP contribution in [-0.2, 0) is 0 Å². The van der Waals surface area contributed by atoms with E-state index in [9.17, 15) is 0 Å². The summed E-state index contributed by atoms with van der Waals surface area (Å²) in [4.78, 5) is 0. The molecule has 157 valence electrons. The zero-order valence-electron chi connectivity index (χ0n) is 18.8. The number of rotatable bonds is 22. The minimum absolute atomic E-state index is 1.02. The van der Waals surface area contributed by atoms with Crippen molar-refractivity contribution in [2.45, 2.75) is 155 Å². The lowest BCUT2D eigenvalue weighted by Crippen LogP contribution is -2.01. The van der Waals surface area contributed by atoms with E-state index < -0.39 is 0 Å². The Morgan fingerprint density at radius 3 is 1.08 bits per heavy atom. The van der Waals surface area contributed by atoms with Crippen molar-refractivity contribution < 1.29 is 0 Å². The maximum absolute atomic E-state index is 4.02. The highest BCUT2D eigenvalue weighted by molar-refractivity contribution is 4.62. The highest BCUT2D eigenvalue weighted by Gasteiger charge is 2.08. The van der Waals surface area contributed by atoms with Gasteiger partial charge in [-0.2, -0.15) is 0 Å². The molecule has 0 atom stereocenters. The maximum atomic E-state index is 4.02. The van der Waals surface area contributed by atoms with E-state index in [1.165, 1.54) is 135 Å². The SMILES string of the molecule is [CH2]CCCCC(CCCCCCCCCC)CCCCCCCCCC. The van der Waals surface area contributed by atoms with Crippen molar-refractivity contribution in [2.75, 3.05) is 0 Å².